The van der Waals surface area contributed by atoms with Crippen LogP contribution in [0.2, 0.25) is 0 Å². The predicted octanol–water partition coefficient (Wildman–Crippen LogP) is -3.15. The van der Waals surface area contributed by atoms with Gasteiger partial charge in [-0.1, -0.05) is 0 Å². The molecule has 0 saturated heterocycles. The monoisotopic (exact) mass is 260 g/mol. The van der Waals surface area contributed by atoms with Gasteiger partial charge in [0, 0.05) is 6.92 Å². The third-order valence-corrected chi connectivity index (χ3v) is 0. The van der Waals surface area contributed by atoms with Gasteiger partial charge in [0.05, 0.1) is 0 Å². The van der Waals surface area contributed by atoms with Gasteiger partial charge in [0.15, 0.2) is 0 Å². The Kier molecular flexibility index (Phi) is 118. The molecule has 0 amide bonds. The van der Waals surface area contributed by atoms with Crippen molar-refractivity contribution < 1.29 is 9.90 Å². The summed E-state index contributed by atoms with van der Waals surface area (Å²) in [6.45, 7) is 1.08. The Balaban J connectivity index is -0.00000000450. The van der Waals surface area contributed by atoms with Gasteiger partial charge in [-0.25, -0.2) is 0 Å². The summed E-state index contributed by atoms with van der Waals surface area (Å²) in [5, 5.41) is 7.42. The maximum absolute atomic E-state index is 9.00. The van der Waals surface area contributed by atoms with E-state index in [1.54, 1.807) is 0 Å². The standard InChI is InChI=1S/C2H4O2.5K.5H/c1-2(3)4;;;;;;;;;;/h1H3,(H,3,4);;;;;;;;;;. The van der Waals surface area contributed by atoms with Crippen LogP contribution in [-0.2, 0) is 4.79 Å². The molecular formula is C2H9K5O2. The fourth-order valence-electron chi connectivity index (χ4n) is 0. The van der Waals surface area contributed by atoms with Gasteiger partial charge in [0.25, 0.3) is 5.97 Å². The predicted molar refractivity (Wildman–Crippen MR) is 49.1 cm³/mol. The summed E-state index contributed by atoms with van der Waals surface area (Å²) in [6.07, 6.45) is 0. The van der Waals surface area contributed by atoms with Crippen LogP contribution in [0.5, 0.6) is 0 Å². The van der Waals surface area contributed by atoms with Crippen LogP contribution >= 0.6 is 0 Å². The first-order valence-corrected chi connectivity index (χ1v) is 0.928. The van der Waals surface area contributed by atoms with Crippen LogP contribution in [0.15, 0.2) is 0 Å². The Labute approximate surface area is 269 Å². The van der Waals surface area contributed by atoms with Crippen LogP contribution in [0, 0.1) is 0 Å². The van der Waals surface area contributed by atoms with E-state index in [1.165, 1.54) is 0 Å². The molecule has 7 heteroatoms. The summed E-state index contributed by atoms with van der Waals surface area (Å²) in [5.74, 6) is -0.833. The van der Waals surface area contributed by atoms with Crippen molar-refractivity contribution in [3.05, 3.63) is 0 Å². The average Bonchev–Trinajstić information content (AvgIpc) is 0.811. The van der Waals surface area contributed by atoms with Crippen molar-refractivity contribution in [1.82, 2.24) is 0 Å². The molecule has 0 atom stereocenters. The zero-order valence-corrected chi connectivity index (χ0v) is 2.36. The molecule has 0 rings (SSSR count). The summed E-state index contributed by atoms with van der Waals surface area (Å²) in [7, 11) is 0. The Morgan fingerprint density at radius 2 is 1.00 bits per heavy atom. The number of carboxylic acids is 1. The number of hydrogen-bond acceptors (Lipinski definition) is 1. The van der Waals surface area contributed by atoms with Crippen molar-refractivity contribution in [3.8, 4) is 0 Å². The van der Waals surface area contributed by atoms with Gasteiger partial charge < -0.3 is 5.11 Å². The van der Waals surface area contributed by atoms with Crippen LogP contribution in [0.4, 0.5) is 0 Å². The van der Waals surface area contributed by atoms with Gasteiger partial charge in [0.2, 0.25) is 0 Å². The second-order valence-electron chi connectivity index (χ2n) is 0.519. The van der Waals surface area contributed by atoms with Crippen LogP contribution in [0.25, 0.3) is 0 Å². The van der Waals surface area contributed by atoms with Crippen LogP contribution in [0.1, 0.15) is 6.92 Å². The van der Waals surface area contributed by atoms with E-state index in [1.807, 2.05) is 0 Å². The van der Waals surface area contributed by atoms with Crippen molar-refractivity contribution in [2.45, 2.75) is 6.92 Å². The van der Waals surface area contributed by atoms with Crippen LogP contribution in [-0.4, -0.2) is 268 Å². The summed E-state index contributed by atoms with van der Waals surface area (Å²) < 4.78 is 0. The molecule has 0 aromatic heterocycles. The second kappa shape index (κ2) is 29.6. The number of carbonyl (C=O) groups is 1. The second-order valence-corrected chi connectivity index (χ2v) is 0.519. The third kappa shape index (κ3) is 49.8. The first-order chi connectivity index (χ1) is 1.73. The number of carboxylic acid groups (broad SMARTS) is 1. The van der Waals surface area contributed by atoms with E-state index in [4.69, 9.17) is 9.90 Å². The summed E-state index contributed by atoms with van der Waals surface area (Å²) in [6, 6.07) is 0. The fraction of sp³-hybridized carbons (Fsp3) is 0.500. The maximum atomic E-state index is 9.00. The van der Waals surface area contributed by atoms with Gasteiger partial charge in [0.1, 0.15) is 0 Å². The molecule has 0 aromatic rings. The van der Waals surface area contributed by atoms with E-state index >= 15 is 0 Å². The first-order valence-electron chi connectivity index (χ1n) is 0.928. The first kappa shape index (κ1) is 36.0. The van der Waals surface area contributed by atoms with Gasteiger partial charge >= 0.3 is 257 Å². The molecule has 1 N–H and O–H groups in total. The van der Waals surface area contributed by atoms with E-state index in [-0.39, 0.29) is 257 Å². The summed E-state index contributed by atoms with van der Waals surface area (Å²) in [4.78, 5) is 9.00. The Bertz CT molecular complexity index is 35.9. The molecule has 0 saturated carbocycles. The quantitative estimate of drug-likeness (QED) is 0.467. The van der Waals surface area contributed by atoms with Crippen molar-refractivity contribution in [2.24, 2.45) is 0 Å². The number of aliphatic carboxylic acids is 1. The molecule has 0 unspecified atom stereocenters. The third-order valence-electron chi connectivity index (χ3n) is 0. The Morgan fingerprint density at radius 1 is 1.00 bits per heavy atom. The minimum absolute atomic E-state index is 0. The van der Waals surface area contributed by atoms with E-state index in [0.29, 0.717) is 0 Å². The molecule has 0 aliphatic heterocycles. The van der Waals surface area contributed by atoms with Gasteiger partial charge in [-0.3, -0.25) is 4.79 Å². The number of hydrogen-bond donors (Lipinski definition) is 1. The van der Waals surface area contributed by atoms with E-state index in [0.717, 1.165) is 6.92 Å². The van der Waals surface area contributed by atoms with Crippen molar-refractivity contribution >= 4 is 263 Å². The Morgan fingerprint density at radius 3 is 1.00 bits per heavy atom. The van der Waals surface area contributed by atoms with E-state index in [9.17, 15) is 0 Å². The molecule has 0 aliphatic carbocycles. The molecule has 0 bridgehead atoms. The summed E-state index contributed by atoms with van der Waals surface area (Å²) >= 11 is 0. The zero-order valence-electron chi connectivity index (χ0n) is 2.36. The fourth-order valence-corrected chi connectivity index (χ4v) is 0. The van der Waals surface area contributed by atoms with Crippen molar-refractivity contribution in [1.29, 1.82) is 0 Å². The van der Waals surface area contributed by atoms with Gasteiger partial charge in [-0.15, -0.1) is 0 Å². The van der Waals surface area contributed by atoms with Crippen molar-refractivity contribution in [3.63, 3.8) is 0 Å². The minimum atomic E-state index is -0.833. The molecule has 2 nitrogen and oxygen atoms in total. The van der Waals surface area contributed by atoms with E-state index < -0.39 is 5.97 Å². The normalized spacial score (nSPS) is 2.78. The molecule has 9 heavy (non-hydrogen) atoms. The molecule has 0 aliphatic rings. The molecule has 34 valence electrons. The molecular weight excluding hydrogens is 252 g/mol. The zero-order chi connectivity index (χ0) is 3.58. The topological polar surface area (TPSA) is 37.3 Å². The Hall–Kier alpha value is 7.65. The number of rotatable bonds is 0. The van der Waals surface area contributed by atoms with Crippen LogP contribution < -0.4 is 0 Å². The molecule has 0 heterocycles. The average molecular weight is 261 g/mol. The van der Waals surface area contributed by atoms with Gasteiger partial charge in [-0.05, 0) is 0 Å². The van der Waals surface area contributed by atoms with Crippen molar-refractivity contribution in [2.75, 3.05) is 0 Å². The van der Waals surface area contributed by atoms with Crippen LogP contribution in [0.3, 0.4) is 0 Å². The SMILES string of the molecule is CC(=O)O.[KH].[KH].[KH].[KH].[KH]. The summed E-state index contributed by atoms with van der Waals surface area (Å²) in [5.41, 5.74) is 0. The molecule has 0 fully saturated rings. The van der Waals surface area contributed by atoms with E-state index in [2.05, 4.69) is 0 Å². The van der Waals surface area contributed by atoms with Gasteiger partial charge in [-0.2, -0.15) is 0 Å². The molecule has 0 radical (unpaired) electrons. The molecule has 0 aromatic carbocycles. The molecule has 0 spiro atoms.